The smallest absolute Gasteiger partial charge is 0.279 e. The number of quaternary nitrogens is 2. The summed E-state index contributed by atoms with van der Waals surface area (Å²) in [5, 5.41) is 3.05. The lowest BCUT2D eigenvalue weighted by atomic mass is 10.1. The number of benzene rings is 1. The van der Waals surface area contributed by atoms with Crippen LogP contribution in [0, 0.1) is 13.8 Å². The highest BCUT2D eigenvalue weighted by atomic mass is 16.5. The van der Waals surface area contributed by atoms with Gasteiger partial charge >= 0.3 is 0 Å². The van der Waals surface area contributed by atoms with E-state index >= 15 is 0 Å². The third kappa shape index (κ3) is 5.51. The zero-order valence-corrected chi connectivity index (χ0v) is 16.5. The van der Waals surface area contributed by atoms with Gasteiger partial charge in [0.25, 0.3) is 11.8 Å². The van der Waals surface area contributed by atoms with E-state index in [1.807, 2.05) is 24.0 Å². The molecule has 2 heterocycles. The number of piperazine rings is 1. The topological polar surface area (TPSA) is 67.5 Å². The Morgan fingerprint density at radius 1 is 1.04 bits per heavy atom. The van der Waals surface area contributed by atoms with Crippen molar-refractivity contribution in [2.24, 2.45) is 0 Å². The zero-order valence-electron chi connectivity index (χ0n) is 16.5. The van der Waals surface area contributed by atoms with Crippen LogP contribution in [0.15, 0.2) is 18.2 Å². The van der Waals surface area contributed by atoms with E-state index in [1.54, 1.807) is 0 Å². The maximum atomic E-state index is 12.4. The van der Waals surface area contributed by atoms with E-state index in [4.69, 9.17) is 4.74 Å². The predicted octanol–water partition coefficient (Wildman–Crippen LogP) is -2.12. The van der Waals surface area contributed by atoms with Gasteiger partial charge in [0.15, 0.2) is 13.1 Å². The molecular weight excluding hydrogens is 344 g/mol. The van der Waals surface area contributed by atoms with E-state index in [0.717, 1.165) is 37.4 Å². The van der Waals surface area contributed by atoms with Crippen molar-refractivity contribution in [3.8, 4) is 0 Å². The summed E-state index contributed by atoms with van der Waals surface area (Å²) < 4.78 is 5.31. The van der Waals surface area contributed by atoms with Crippen LogP contribution in [0.4, 0.5) is 5.69 Å². The molecule has 3 N–H and O–H groups in total. The fraction of sp³-hybridized carbons (Fsp3) is 0.600. The molecule has 1 aromatic carbocycles. The van der Waals surface area contributed by atoms with Gasteiger partial charge in [-0.1, -0.05) is 12.1 Å². The summed E-state index contributed by atoms with van der Waals surface area (Å²) in [4.78, 5) is 29.3. The van der Waals surface area contributed by atoms with Gasteiger partial charge in [0.05, 0.1) is 13.2 Å². The van der Waals surface area contributed by atoms with Crippen LogP contribution in [0.5, 0.6) is 0 Å². The fourth-order valence-electron chi connectivity index (χ4n) is 3.76. The minimum absolute atomic E-state index is 0.0616. The second kappa shape index (κ2) is 9.30. The van der Waals surface area contributed by atoms with Crippen molar-refractivity contribution in [2.75, 3.05) is 70.9 Å². The van der Waals surface area contributed by atoms with Crippen molar-refractivity contribution in [2.45, 2.75) is 13.8 Å². The van der Waals surface area contributed by atoms with Gasteiger partial charge in [-0.25, -0.2) is 0 Å². The summed E-state index contributed by atoms with van der Waals surface area (Å²) in [5.74, 6) is 0.288. The van der Waals surface area contributed by atoms with E-state index in [-0.39, 0.29) is 11.8 Å². The van der Waals surface area contributed by atoms with Crippen LogP contribution in [0.3, 0.4) is 0 Å². The molecule has 7 nitrogen and oxygen atoms in total. The van der Waals surface area contributed by atoms with Crippen molar-refractivity contribution >= 4 is 17.5 Å². The average molecular weight is 377 g/mol. The summed E-state index contributed by atoms with van der Waals surface area (Å²) in [6, 6.07) is 5.98. The average Bonchev–Trinajstić information content (AvgIpc) is 2.67. The molecule has 7 heteroatoms. The number of carbonyl (C=O) groups is 2. The Morgan fingerprint density at radius 2 is 1.67 bits per heavy atom. The van der Waals surface area contributed by atoms with Gasteiger partial charge in [0, 0.05) is 18.8 Å². The fourth-order valence-corrected chi connectivity index (χ4v) is 3.76. The Kier molecular flexibility index (Phi) is 6.82. The van der Waals surface area contributed by atoms with Gasteiger partial charge in [-0.2, -0.15) is 0 Å². The van der Waals surface area contributed by atoms with Gasteiger partial charge in [-0.3, -0.25) is 9.59 Å². The number of rotatable bonds is 5. The number of hydrogen-bond acceptors (Lipinski definition) is 3. The number of nitrogens with zero attached hydrogens (tertiary/aromatic N) is 1. The van der Waals surface area contributed by atoms with Crippen molar-refractivity contribution in [1.82, 2.24) is 4.90 Å². The predicted molar refractivity (Wildman–Crippen MR) is 103 cm³/mol. The first-order valence-electron chi connectivity index (χ1n) is 9.91. The molecule has 0 unspecified atom stereocenters. The van der Waals surface area contributed by atoms with Crippen LogP contribution >= 0.6 is 0 Å². The van der Waals surface area contributed by atoms with E-state index in [9.17, 15) is 9.59 Å². The van der Waals surface area contributed by atoms with Crippen molar-refractivity contribution < 1.29 is 24.1 Å². The first-order chi connectivity index (χ1) is 13.0. The molecule has 2 aliphatic heterocycles. The van der Waals surface area contributed by atoms with Crippen LogP contribution in [-0.2, 0) is 14.3 Å². The highest BCUT2D eigenvalue weighted by Crippen LogP contribution is 2.17. The molecule has 2 aliphatic rings. The summed E-state index contributed by atoms with van der Waals surface area (Å²) >= 11 is 0. The molecule has 0 atom stereocenters. The van der Waals surface area contributed by atoms with Gasteiger partial charge in [-0.05, 0) is 31.0 Å². The molecule has 2 saturated heterocycles. The number of aryl methyl sites for hydroxylation is 1. The second-order valence-electron chi connectivity index (χ2n) is 7.64. The van der Waals surface area contributed by atoms with Gasteiger partial charge in [-0.15, -0.1) is 0 Å². The largest absolute Gasteiger partial charge is 0.378 e. The highest BCUT2D eigenvalue weighted by Gasteiger charge is 2.28. The van der Waals surface area contributed by atoms with Crippen LogP contribution in [0.1, 0.15) is 11.1 Å². The molecule has 0 aliphatic carbocycles. The molecule has 2 fully saturated rings. The molecule has 0 spiro atoms. The number of morpholine rings is 1. The lowest BCUT2D eigenvalue weighted by Gasteiger charge is -2.31. The van der Waals surface area contributed by atoms with Crippen molar-refractivity contribution in [1.29, 1.82) is 0 Å². The summed E-state index contributed by atoms with van der Waals surface area (Å²) in [7, 11) is 0. The monoisotopic (exact) mass is 376 g/mol. The Bertz CT molecular complexity index is 665. The zero-order chi connectivity index (χ0) is 19.2. The lowest BCUT2D eigenvalue weighted by molar-refractivity contribution is -1.00. The summed E-state index contributed by atoms with van der Waals surface area (Å²) in [6.45, 7) is 11.6. The number of carbonyl (C=O) groups excluding carboxylic acids is 2. The molecular formula is C20H32N4O3+2. The van der Waals surface area contributed by atoms with E-state index in [1.165, 1.54) is 15.4 Å². The Morgan fingerprint density at radius 3 is 2.33 bits per heavy atom. The van der Waals surface area contributed by atoms with Crippen molar-refractivity contribution in [3.63, 3.8) is 0 Å². The molecule has 1 aromatic rings. The number of amides is 2. The molecule has 148 valence electrons. The molecule has 0 radical (unpaired) electrons. The molecule has 3 rings (SSSR count). The Hall–Kier alpha value is -1.96. The molecule has 0 bridgehead atoms. The molecule has 2 amide bonds. The Labute approximate surface area is 161 Å². The minimum Gasteiger partial charge on any atom is -0.378 e. The third-order valence-electron chi connectivity index (χ3n) is 5.72. The second-order valence-corrected chi connectivity index (χ2v) is 7.64. The van der Waals surface area contributed by atoms with E-state index in [0.29, 0.717) is 39.4 Å². The summed E-state index contributed by atoms with van der Waals surface area (Å²) in [5.41, 5.74) is 3.21. The molecule has 27 heavy (non-hydrogen) atoms. The van der Waals surface area contributed by atoms with Crippen LogP contribution in [-0.4, -0.2) is 82.3 Å². The van der Waals surface area contributed by atoms with Gasteiger partial charge in [0.2, 0.25) is 0 Å². The Balaban J connectivity index is 1.40. The third-order valence-corrected chi connectivity index (χ3v) is 5.72. The SMILES string of the molecule is Cc1cccc(NC(=O)C[NH+]2CC[NH+](CC(=O)N3CCOCC3)CC2)c1C. The van der Waals surface area contributed by atoms with Gasteiger partial charge < -0.3 is 24.8 Å². The molecule has 0 aromatic heterocycles. The standard InChI is InChI=1S/C20H30N4O3/c1-16-4-3-5-18(17(16)2)21-19(25)14-22-6-8-23(9-7-22)15-20(26)24-10-12-27-13-11-24/h3-5H,6-15H2,1-2H3,(H,21,25)/p+2. The molecule has 0 saturated carbocycles. The minimum atomic E-state index is 0.0616. The van der Waals surface area contributed by atoms with E-state index < -0.39 is 0 Å². The quantitative estimate of drug-likeness (QED) is 0.551. The van der Waals surface area contributed by atoms with Crippen LogP contribution in [0.2, 0.25) is 0 Å². The number of anilines is 1. The maximum absolute atomic E-state index is 12.4. The van der Waals surface area contributed by atoms with Crippen LogP contribution < -0.4 is 15.1 Å². The first-order valence-corrected chi connectivity index (χ1v) is 9.91. The number of hydrogen-bond donors (Lipinski definition) is 3. The summed E-state index contributed by atoms with van der Waals surface area (Å²) in [6.07, 6.45) is 0. The van der Waals surface area contributed by atoms with Crippen molar-refractivity contribution in [3.05, 3.63) is 29.3 Å². The number of nitrogens with one attached hydrogen (secondary N) is 3. The van der Waals surface area contributed by atoms with E-state index in [2.05, 4.69) is 18.3 Å². The van der Waals surface area contributed by atoms with Gasteiger partial charge in [0.1, 0.15) is 26.2 Å². The van der Waals surface area contributed by atoms with Crippen LogP contribution in [0.25, 0.3) is 0 Å². The number of ether oxygens (including phenoxy) is 1. The first kappa shape index (κ1) is 19.8. The normalized spacial score (nSPS) is 23.1. The maximum Gasteiger partial charge on any atom is 0.279 e. The highest BCUT2D eigenvalue weighted by molar-refractivity contribution is 5.92. The lowest BCUT2D eigenvalue weighted by Crippen LogP contribution is -3.28.